The van der Waals surface area contributed by atoms with E-state index < -0.39 is 0 Å². The molecule has 4 aromatic rings. The topological polar surface area (TPSA) is 76.4 Å². The monoisotopic (exact) mass is 480 g/mol. The van der Waals surface area contributed by atoms with Gasteiger partial charge in [-0.1, -0.05) is 68.5 Å². The molecule has 7 heteroatoms. The van der Waals surface area contributed by atoms with Crippen LogP contribution < -0.4 is 10.6 Å². The first kappa shape index (κ1) is 22.7. The zero-order chi connectivity index (χ0) is 24.5. The Morgan fingerprint density at radius 3 is 2.67 bits per heavy atom. The summed E-state index contributed by atoms with van der Waals surface area (Å²) in [6.07, 6.45) is 7.10. The van der Waals surface area contributed by atoms with Gasteiger partial charge in [-0.25, -0.2) is 0 Å². The molecule has 0 unspecified atom stereocenters. The average molecular weight is 481 g/mol. The van der Waals surface area contributed by atoms with Gasteiger partial charge in [0.25, 0.3) is 0 Å². The van der Waals surface area contributed by atoms with Crippen LogP contribution in [-0.2, 0) is 17.7 Å². The van der Waals surface area contributed by atoms with Gasteiger partial charge >= 0.3 is 0 Å². The summed E-state index contributed by atoms with van der Waals surface area (Å²) >= 11 is 0. The van der Waals surface area contributed by atoms with Crippen LogP contribution in [0.1, 0.15) is 60.4 Å². The van der Waals surface area contributed by atoms with Gasteiger partial charge in [0.1, 0.15) is 0 Å². The minimum absolute atomic E-state index is 0.316. The highest BCUT2D eigenvalue weighted by atomic mass is 16.5. The highest BCUT2D eigenvalue weighted by Crippen LogP contribution is 2.33. The number of hydrogen-bond donors (Lipinski definition) is 2. The molecule has 2 aliphatic rings. The highest BCUT2D eigenvalue weighted by molar-refractivity contribution is 5.89. The van der Waals surface area contributed by atoms with Gasteiger partial charge in [0.15, 0.2) is 5.65 Å². The van der Waals surface area contributed by atoms with Crippen molar-refractivity contribution >= 4 is 29.2 Å². The normalized spacial score (nSPS) is 15.8. The quantitative estimate of drug-likeness (QED) is 0.361. The van der Waals surface area contributed by atoms with Gasteiger partial charge < -0.3 is 15.4 Å². The maximum absolute atomic E-state index is 5.52. The summed E-state index contributed by atoms with van der Waals surface area (Å²) in [5, 5.41) is 11.8. The molecular formula is C29H32N6O. The van der Waals surface area contributed by atoms with Crippen LogP contribution in [0.25, 0.3) is 17.3 Å². The lowest BCUT2D eigenvalue weighted by Gasteiger charge is -2.23. The van der Waals surface area contributed by atoms with E-state index in [4.69, 9.17) is 14.7 Å². The molecule has 0 atom stereocenters. The van der Waals surface area contributed by atoms with Crippen LogP contribution >= 0.6 is 0 Å². The molecule has 2 N–H and O–H groups in total. The van der Waals surface area contributed by atoms with E-state index in [0.717, 1.165) is 43.7 Å². The van der Waals surface area contributed by atoms with Gasteiger partial charge in [-0.3, -0.25) is 0 Å². The SMILES string of the molecule is CC(C)c1cnn2c(NCc3ccccc3C3=Cc4ccccc4C3)nc(NC3CCOCC3)nc12. The molecule has 2 aromatic carbocycles. The van der Waals surface area contributed by atoms with Crippen LogP contribution in [0.4, 0.5) is 11.9 Å². The first-order valence-electron chi connectivity index (χ1n) is 12.9. The van der Waals surface area contributed by atoms with Crippen molar-refractivity contribution in [2.24, 2.45) is 0 Å². The van der Waals surface area contributed by atoms with Crippen LogP contribution in [0.3, 0.4) is 0 Å². The van der Waals surface area contributed by atoms with Gasteiger partial charge in [-0.15, -0.1) is 0 Å². The van der Waals surface area contributed by atoms with E-state index >= 15 is 0 Å². The summed E-state index contributed by atoms with van der Waals surface area (Å²) in [5.74, 6) is 1.65. The number of nitrogens with one attached hydrogen (secondary N) is 2. The van der Waals surface area contributed by atoms with Gasteiger partial charge in [0.2, 0.25) is 11.9 Å². The number of nitrogens with zero attached hydrogens (tertiary/aromatic N) is 4. The van der Waals surface area contributed by atoms with Crippen molar-refractivity contribution in [2.75, 3.05) is 23.8 Å². The third-order valence-electron chi connectivity index (χ3n) is 7.14. The molecule has 2 aromatic heterocycles. The van der Waals surface area contributed by atoms with E-state index in [2.05, 4.69) is 84.2 Å². The molecule has 0 bridgehead atoms. The van der Waals surface area contributed by atoms with Crippen LogP contribution in [-0.4, -0.2) is 38.8 Å². The van der Waals surface area contributed by atoms with Crippen molar-refractivity contribution in [3.63, 3.8) is 0 Å². The zero-order valence-electron chi connectivity index (χ0n) is 20.9. The van der Waals surface area contributed by atoms with E-state index in [1.165, 1.54) is 27.8 Å². The molecule has 1 aliphatic heterocycles. The van der Waals surface area contributed by atoms with Crippen molar-refractivity contribution in [3.8, 4) is 0 Å². The molecule has 3 heterocycles. The van der Waals surface area contributed by atoms with Crippen molar-refractivity contribution in [3.05, 3.63) is 82.5 Å². The molecule has 0 spiro atoms. The minimum atomic E-state index is 0.316. The second-order valence-electron chi connectivity index (χ2n) is 9.95. The van der Waals surface area contributed by atoms with Crippen molar-refractivity contribution < 1.29 is 4.74 Å². The number of ether oxygens (including phenoxy) is 1. The fourth-order valence-corrected chi connectivity index (χ4v) is 5.12. The van der Waals surface area contributed by atoms with Gasteiger partial charge in [0.05, 0.1) is 6.20 Å². The number of fused-ring (bicyclic) bond motifs is 2. The van der Waals surface area contributed by atoms with Crippen molar-refractivity contribution in [1.82, 2.24) is 19.6 Å². The highest BCUT2D eigenvalue weighted by Gasteiger charge is 2.20. The third-order valence-corrected chi connectivity index (χ3v) is 7.14. The maximum atomic E-state index is 5.52. The summed E-state index contributed by atoms with van der Waals surface area (Å²) in [5.41, 5.74) is 8.52. The second-order valence-corrected chi connectivity index (χ2v) is 9.95. The average Bonchev–Trinajstić information content (AvgIpc) is 3.53. The van der Waals surface area contributed by atoms with Crippen LogP contribution in [0.2, 0.25) is 0 Å². The van der Waals surface area contributed by atoms with Crippen LogP contribution in [0.5, 0.6) is 0 Å². The number of benzene rings is 2. The number of aromatic nitrogens is 4. The lowest BCUT2D eigenvalue weighted by molar-refractivity contribution is 0.0903. The predicted molar refractivity (Wildman–Crippen MR) is 144 cm³/mol. The van der Waals surface area contributed by atoms with Crippen molar-refractivity contribution in [2.45, 2.75) is 51.6 Å². The molecular weight excluding hydrogens is 448 g/mol. The molecule has 7 nitrogen and oxygen atoms in total. The van der Waals surface area contributed by atoms with Crippen LogP contribution in [0.15, 0.2) is 54.7 Å². The Hall–Kier alpha value is -3.71. The Kier molecular flexibility index (Phi) is 6.15. The zero-order valence-corrected chi connectivity index (χ0v) is 20.9. The maximum Gasteiger partial charge on any atom is 0.229 e. The Morgan fingerprint density at radius 2 is 1.83 bits per heavy atom. The van der Waals surface area contributed by atoms with E-state index in [1.807, 2.05) is 10.7 Å². The largest absolute Gasteiger partial charge is 0.381 e. The fourth-order valence-electron chi connectivity index (χ4n) is 5.12. The summed E-state index contributed by atoms with van der Waals surface area (Å²) in [6.45, 7) is 6.52. The summed E-state index contributed by atoms with van der Waals surface area (Å²) in [4.78, 5) is 9.71. The number of anilines is 2. The fraction of sp³-hybridized carbons (Fsp3) is 0.345. The summed E-state index contributed by atoms with van der Waals surface area (Å²) in [6, 6.07) is 17.6. The number of rotatable bonds is 7. The molecule has 36 heavy (non-hydrogen) atoms. The third kappa shape index (κ3) is 4.46. The van der Waals surface area contributed by atoms with Crippen molar-refractivity contribution in [1.29, 1.82) is 0 Å². The van der Waals surface area contributed by atoms with E-state index in [1.54, 1.807) is 0 Å². The van der Waals surface area contributed by atoms with Gasteiger partial charge in [0, 0.05) is 31.4 Å². The van der Waals surface area contributed by atoms with E-state index in [0.29, 0.717) is 30.4 Å². The summed E-state index contributed by atoms with van der Waals surface area (Å²) in [7, 11) is 0. The first-order valence-corrected chi connectivity index (χ1v) is 12.9. The first-order chi connectivity index (χ1) is 17.7. The lowest BCUT2D eigenvalue weighted by Crippen LogP contribution is -2.29. The minimum Gasteiger partial charge on any atom is -0.381 e. The molecule has 184 valence electrons. The number of hydrogen-bond acceptors (Lipinski definition) is 6. The second kappa shape index (κ2) is 9.74. The molecule has 1 aliphatic carbocycles. The number of allylic oxidation sites excluding steroid dienone is 1. The molecule has 0 radical (unpaired) electrons. The predicted octanol–water partition coefficient (Wildman–Crippen LogP) is 5.55. The Bertz CT molecular complexity index is 1420. The molecule has 1 saturated heterocycles. The smallest absolute Gasteiger partial charge is 0.229 e. The van der Waals surface area contributed by atoms with Crippen LogP contribution in [0, 0.1) is 0 Å². The standard InChI is InChI=1S/C29H32N6O/c1-19(2)26-18-31-35-27(26)33-28(32-24-11-13-36-14-12-24)34-29(35)30-17-22-9-5-6-10-25(22)23-15-20-7-3-4-8-21(20)16-23/h3-10,15,18-19,24H,11-14,16-17H2,1-2H3,(H2,30,32,33,34). The van der Waals surface area contributed by atoms with E-state index in [-0.39, 0.29) is 0 Å². The molecule has 0 amide bonds. The Morgan fingerprint density at radius 1 is 1.03 bits per heavy atom. The lowest BCUT2D eigenvalue weighted by atomic mass is 9.98. The van der Waals surface area contributed by atoms with E-state index in [9.17, 15) is 0 Å². The van der Waals surface area contributed by atoms with Gasteiger partial charge in [-0.2, -0.15) is 19.6 Å². The molecule has 6 rings (SSSR count). The summed E-state index contributed by atoms with van der Waals surface area (Å²) < 4.78 is 7.35. The molecule has 1 fully saturated rings. The van der Waals surface area contributed by atoms with Gasteiger partial charge in [-0.05, 0) is 53.0 Å². The Labute approximate surface area is 211 Å². The Balaban J connectivity index is 1.30. The molecule has 0 saturated carbocycles.